The first-order valence-electron chi connectivity index (χ1n) is 6.16. The molecule has 102 valence electrons. The van der Waals surface area contributed by atoms with Crippen molar-refractivity contribution in [2.45, 2.75) is 45.7 Å². The molecule has 0 aliphatic rings. The van der Waals surface area contributed by atoms with Crippen molar-refractivity contribution >= 4 is 6.03 Å². The van der Waals surface area contributed by atoms with Gasteiger partial charge in [-0.2, -0.15) is 0 Å². The number of rotatable bonds is 8. The third kappa shape index (κ3) is 8.94. The molecule has 0 fully saturated rings. The Morgan fingerprint density at radius 3 is 2.41 bits per heavy atom. The molecule has 0 heterocycles. The highest BCUT2D eigenvalue weighted by Gasteiger charge is 2.14. The van der Waals surface area contributed by atoms with Crippen LogP contribution in [-0.4, -0.2) is 43.5 Å². The Kier molecular flexibility index (Phi) is 8.80. The van der Waals surface area contributed by atoms with Crippen LogP contribution in [0.3, 0.4) is 0 Å². The molecule has 2 unspecified atom stereocenters. The maximum Gasteiger partial charge on any atom is 0.315 e. The minimum atomic E-state index is -0.228. The average molecular weight is 246 g/mol. The van der Waals surface area contributed by atoms with Gasteiger partial charge in [-0.05, 0) is 25.7 Å². The van der Waals surface area contributed by atoms with Crippen LogP contribution in [0.5, 0.6) is 0 Å². The summed E-state index contributed by atoms with van der Waals surface area (Å²) < 4.78 is 4.94. The normalized spacial score (nSPS) is 14.5. The predicted octanol–water partition coefficient (Wildman–Crippen LogP) is 1.12. The van der Waals surface area contributed by atoms with E-state index >= 15 is 0 Å². The van der Waals surface area contributed by atoms with Gasteiger partial charge in [0, 0.05) is 19.8 Å². The van der Waals surface area contributed by atoms with Gasteiger partial charge in [0.05, 0.1) is 12.6 Å². The first-order chi connectivity index (χ1) is 7.99. The second-order valence-corrected chi connectivity index (χ2v) is 4.81. The molecule has 0 aromatic rings. The van der Waals surface area contributed by atoms with Gasteiger partial charge in [0.1, 0.15) is 0 Å². The molecule has 2 amide bonds. The number of aliphatic hydroxyl groups is 1. The number of carbonyl (C=O) groups is 1. The second-order valence-electron chi connectivity index (χ2n) is 4.81. The van der Waals surface area contributed by atoms with Crippen LogP contribution in [0.25, 0.3) is 0 Å². The number of amides is 2. The topological polar surface area (TPSA) is 70.6 Å². The highest BCUT2D eigenvalue weighted by atomic mass is 16.5. The Labute approximate surface area is 104 Å². The largest absolute Gasteiger partial charge is 0.394 e. The lowest BCUT2D eigenvalue weighted by atomic mass is 10.0. The van der Waals surface area contributed by atoms with E-state index in [1.54, 1.807) is 7.11 Å². The molecule has 0 bridgehead atoms. The molecule has 0 radical (unpaired) electrons. The zero-order chi connectivity index (χ0) is 13.3. The van der Waals surface area contributed by atoms with E-state index in [0.717, 1.165) is 12.8 Å². The molecule has 3 N–H and O–H groups in total. The van der Waals surface area contributed by atoms with Crippen LogP contribution in [-0.2, 0) is 4.74 Å². The zero-order valence-corrected chi connectivity index (χ0v) is 11.3. The highest BCUT2D eigenvalue weighted by Crippen LogP contribution is 2.03. The Balaban J connectivity index is 3.89. The molecule has 2 atom stereocenters. The van der Waals surface area contributed by atoms with Gasteiger partial charge in [-0.1, -0.05) is 13.8 Å². The summed E-state index contributed by atoms with van der Waals surface area (Å²) in [6.07, 6.45) is 1.55. The van der Waals surface area contributed by atoms with E-state index in [9.17, 15) is 4.79 Å². The molecule has 17 heavy (non-hydrogen) atoms. The number of methoxy groups -OCH3 is 1. The lowest BCUT2D eigenvalue weighted by Gasteiger charge is -2.20. The maximum absolute atomic E-state index is 11.6. The van der Waals surface area contributed by atoms with Crippen LogP contribution in [0, 0.1) is 5.92 Å². The van der Waals surface area contributed by atoms with E-state index in [1.165, 1.54) is 0 Å². The smallest absolute Gasteiger partial charge is 0.315 e. The fourth-order valence-electron chi connectivity index (χ4n) is 1.57. The van der Waals surface area contributed by atoms with Crippen molar-refractivity contribution in [3.05, 3.63) is 0 Å². The summed E-state index contributed by atoms with van der Waals surface area (Å²) in [7, 11) is 1.64. The lowest BCUT2D eigenvalue weighted by Crippen LogP contribution is -2.47. The van der Waals surface area contributed by atoms with Crippen LogP contribution >= 0.6 is 0 Å². The highest BCUT2D eigenvalue weighted by molar-refractivity contribution is 5.74. The number of urea groups is 1. The average Bonchev–Trinajstić information content (AvgIpc) is 2.24. The second kappa shape index (κ2) is 9.24. The number of hydrogen-bond acceptors (Lipinski definition) is 3. The molecule has 0 aliphatic heterocycles. The number of ether oxygens (including phenoxy) is 1. The Bertz CT molecular complexity index is 210. The molecule has 0 aromatic heterocycles. The maximum atomic E-state index is 11.6. The van der Waals surface area contributed by atoms with E-state index in [-0.39, 0.29) is 24.7 Å². The van der Waals surface area contributed by atoms with Crippen molar-refractivity contribution in [2.24, 2.45) is 5.92 Å². The first-order valence-corrected chi connectivity index (χ1v) is 6.16. The van der Waals surface area contributed by atoms with Crippen LogP contribution in [0.15, 0.2) is 0 Å². The van der Waals surface area contributed by atoms with Crippen molar-refractivity contribution in [1.29, 1.82) is 0 Å². The van der Waals surface area contributed by atoms with Crippen molar-refractivity contribution in [1.82, 2.24) is 10.6 Å². The first kappa shape index (κ1) is 16.2. The van der Waals surface area contributed by atoms with E-state index in [1.807, 2.05) is 6.92 Å². The van der Waals surface area contributed by atoms with Gasteiger partial charge in [0.15, 0.2) is 0 Å². The minimum absolute atomic E-state index is 0.0297. The molecule has 0 spiro atoms. The number of nitrogens with one attached hydrogen (secondary N) is 2. The molecule has 0 rings (SSSR count). The summed E-state index contributed by atoms with van der Waals surface area (Å²) >= 11 is 0. The monoisotopic (exact) mass is 246 g/mol. The summed E-state index contributed by atoms with van der Waals surface area (Å²) in [6, 6.07) is -0.341. The standard InChI is InChI=1S/C12H26N2O3/c1-9(2)7-11(8-15)14-12(16)13-10(3)5-6-17-4/h9-11,15H,5-8H2,1-4H3,(H2,13,14,16). The van der Waals surface area contributed by atoms with Crippen LogP contribution in [0.2, 0.25) is 0 Å². The Morgan fingerprint density at radius 1 is 1.29 bits per heavy atom. The zero-order valence-electron chi connectivity index (χ0n) is 11.3. The molecule has 5 nitrogen and oxygen atoms in total. The third-order valence-corrected chi connectivity index (χ3v) is 2.44. The van der Waals surface area contributed by atoms with Gasteiger partial charge in [-0.15, -0.1) is 0 Å². The molecule has 0 aromatic carbocycles. The third-order valence-electron chi connectivity index (χ3n) is 2.44. The quantitative estimate of drug-likeness (QED) is 0.601. The van der Waals surface area contributed by atoms with Crippen LogP contribution < -0.4 is 10.6 Å². The van der Waals surface area contributed by atoms with Crippen molar-refractivity contribution in [3.63, 3.8) is 0 Å². The van der Waals surface area contributed by atoms with Crippen molar-refractivity contribution in [2.75, 3.05) is 20.3 Å². The van der Waals surface area contributed by atoms with Crippen LogP contribution in [0.1, 0.15) is 33.6 Å². The summed E-state index contributed by atoms with van der Waals surface area (Å²) in [5, 5.41) is 14.7. The van der Waals surface area contributed by atoms with Crippen molar-refractivity contribution < 1.29 is 14.6 Å². The Morgan fingerprint density at radius 2 is 1.94 bits per heavy atom. The summed E-state index contributed by atoms with van der Waals surface area (Å²) in [5.41, 5.74) is 0. The molecule has 0 aliphatic carbocycles. The summed E-state index contributed by atoms with van der Waals surface area (Å²) in [5.74, 6) is 0.443. The van der Waals surface area contributed by atoms with Gasteiger partial charge in [-0.25, -0.2) is 4.79 Å². The van der Waals surface area contributed by atoms with Crippen molar-refractivity contribution in [3.8, 4) is 0 Å². The van der Waals surface area contributed by atoms with Gasteiger partial charge < -0.3 is 20.5 Å². The van der Waals surface area contributed by atoms with Crippen LogP contribution in [0.4, 0.5) is 4.79 Å². The van der Waals surface area contributed by atoms with Gasteiger partial charge >= 0.3 is 6.03 Å². The fourth-order valence-corrected chi connectivity index (χ4v) is 1.57. The van der Waals surface area contributed by atoms with Gasteiger partial charge in [-0.3, -0.25) is 0 Å². The van der Waals surface area contributed by atoms with Gasteiger partial charge in [0.2, 0.25) is 0 Å². The molecular weight excluding hydrogens is 220 g/mol. The molecule has 0 saturated carbocycles. The Hall–Kier alpha value is -0.810. The molecule has 5 heteroatoms. The lowest BCUT2D eigenvalue weighted by molar-refractivity contribution is 0.181. The SMILES string of the molecule is COCCC(C)NC(=O)NC(CO)CC(C)C. The van der Waals surface area contributed by atoms with E-state index in [4.69, 9.17) is 9.84 Å². The molecule has 0 saturated heterocycles. The minimum Gasteiger partial charge on any atom is -0.394 e. The predicted molar refractivity (Wildman–Crippen MR) is 68.0 cm³/mol. The number of aliphatic hydroxyl groups excluding tert-OH is 1. The molecular formula is C12H26N2O3. The summed E-state index contributed by atoms with van der Waals surface area (Å²) in [6.45, 7) is 6.64. The number of hydrogen-bond donors (Lipinski definition) is 3. The van der Waals surface area contributed by atoms with Gasteiger partial charge in [0.25, 0.3) is 0 Å². The fraction of sp³-hybridized carbons (Fsp3) is 0.917. The number of carbonyl (C=O) groups excluding carboxylic acids is 1. The van der Waals surface area contributed by atoms with E-state index in [0.29, 0.717) is 12.5 Å². The van der Waals surface area contributed by atoms with E-state index in [2.05, 4.69) is 24.5 Å². The summed E-state index contributed by atoms with van der Waals surface area (Å²) in [4.78, 5) is 11.6. The van der Waals surface area contributed by atoms with E-state index < -0.39 is 0 Å².